The molecule has 0 amide bonds. The summed E-state index contributed by atoms with van der Waals surface area (Å²) in [6.45, 7) is 0.182. The molecule has 0 aliphatic carbocycles. The number of ether oxygens (including phenoxy) is 1. The molecule has 0 atom stereocenters. The van der Waals surface area contributed by atoms with E-state index in [0.717, 1.165) is 0 Å². The molecule has 0 radical (unpaired) electrons. The molecule has 0 fully saturated rings. The third kappa shape index (κ3) is 2.61. The van der Waals surface area contributed by atoms with Crippen molar-refractivity contribution in [2.45, 2.75) is 6.61 Å². The van der Waals surface area contributed by atoms with Crippen molar-refractivity contribution in [2.24, 2.45) is 0 Å². The van der Waals surface area contributed by atoms with Crippen LogP contribution in [0.15, 0.2) is 29.0 Å². The van der Waals surface area contributed by atoms with Gasteiger partial charge >= 0.3 is 0 Å². The van der Waals surface area contributed by atoms with Crippen molar-refractivity contribution in [3.63, 3.8) is 0 Å². The molecule has 0 spiro atoms. The Morgan fingerprint density at radius 1 is 1.33 bits per heavy atom. The van der Waals surface area contributed by atoms with Crippen molar-refractivity contribution in [3.05, 3.63) is 40.5 Å². The van der Waals surface area contributed by atoms with Crippen LogP contribution >= 0.6 is 23.2 Å². The number of rotatable bonds is 3. The summed E-state index contributed by atoms with van der Waals surface area (Å²) in [7, 11) is 0. The van der Waals surface area contributed by atoms with Gasteiger partial charge in [0, 0.05) is 5.02 Å². The van der Waals surface area contributed by atoms with E-state index in [4.69, 9.17) is 32.5 Å². The molecule has 2 aromatic rings. The Hall–Kier alpha value is -1.26. The third-order valence-electron chi connectivity index (χ3n) is 1.65. The minimum Gasteiger partial charge on any atom is -0.482 e. The monoisotopic (exact) mass is 244 g/mol. The fourth-order valence-corrected chi connectivity index (χ4v) is 1.45. The molecule has 2 rings (SSSR count). The van der Waals surface area contributed by atoms with Gasteiger partial charge in [0.05, 0.1) is 5.02 Å². The lowest BCUT2D eigenvalue weighted by Crippen LogP contribution is -1.95. The first-order valence-corrected chi connectivity index (χ1v) is 4.84. The molecule has 6 heteroatoms. The summed E-state index contributed by atoms with van der Waals surface area (Å²) in [5, 5.41) is 4.46. The lowest BCUT2D eigenvalue weighted by Gasteiger charge is -2.05. The molecular formula is C9H6Cl2N2O2. The van der Waals surface area contributed by atoms with Crippen LogP contribution in [0.4, 0.5) is 0 Å². The summed E-state index contributed by atoms with van der Waals surface area (Å²) in [5.74, 6) is 0.917. The first kappa shape index (κ1) is 10.3. The molecule has 0 aliphatic heterocycles. The van der Waals surface area contributed by atoms with Crippen LogP contribution in [-0.2, 0) is 6.61 Å². The van der Waals surface area contributed by atoms with Crippen LogP contribution in [-0.4, -0.2) is 10.1 Å². The van der Waals surface area contributed by atoms with Crippen LogP contribution in [0.1, 0.15) is 5.89 Å². The number of hydrogen-bond acceptors (Lipinski definition) is 4. The van der Waals surface area contributed by atoms with Crippen LogP contribution in [0.25, 0.3) is 0 Å². The van der Waals surface area contributed by atoms with Gasteiger partial charge in [-0.2, -0.15) is 4.98 Å². The van der Waals surface area contributed by atoms with E-state index in [1.165, 1.54) is 6.33 Å². The second-order valence-corrected chi connectivity index (χ2v) is 3.54. The zero-order valence-corrected chi connectivity index (χ0v) is 9.00. The first-order valence-electron chi connectivity index (χ1n) is 4.09. The lowest BCUT2D eigenvalue weighted by atomic mass is 10.3. The molecular weight excluding hydrogens is 239 g/mol. The summed E-state index contributed by atoms with van der Waals surface area (Å²) in [6.07, 6.45) is 1.31. The molecule has 4 nitrogen and oxygen atoms in total. The van der Waals surface area contributed by atoms with Crippen molar-refractivity contribution >= 4 is 23.2 Å². The summed E-state index contributed by atoms with van der Waals surface area (Å²) >= 11 is 11.6. The van der Waals surface area contributed by atoms with Crippen LogP contribution in [0.3, 0.4) is 0 Å². The maximum Gasteiger partial charge on any atom is 0.264 e. The van der Waals surface area contributed by atoms with Gasteiger partial charge in [-0.25, -0.2) is 0 Å². The van der Waals surface area contributed by atoms with Gasteiger partial charge in [-0.05, 0) is 18.2 Å². The molecule has 0 aliphatic rings. The highest BCUT2D eigenvalue weighted by Crippen LogP contribution is 2.27. The molecule has 1 aromatic carbocycles. The minimum atomic E-state index is 0.182. The van der Waals surface area contributed by atoms with Crippen molar-refractivity contribution in [3.8, 4) is 5.75 Å². The fraction of sp³-hybridized carbons (Fsp3) is 0.111. The number of nitrogens with zero attached hydrogens (tertiary/aromatic N) is 2. The molecule has 0 saturated carbocycles. The highest BCUT2D eigenvalue weighted by Gasteiger charge is 2.04. The minimum absolute atomic E-state index is 0.182. The summed E-state index contributed by atoms with van der Waals surface area (Å²) in [5.41, 5.74) is 0. The fourth-order valence-electron chi connectivity index (χ4n) is 0.991. The normalized spacial score (nSPS) is 10.3. The molecule has 78 valence electrons. The van der Waals surface area contributed by atoms with E-state index in [9.17, 15) is 0 Å². The van der Waals surface area contributed by atoms with E-state index in [1.807, 2.05) is 0 Å². The maximum atomic E-state index is 5.89. The zero-order valence-electron chi connectivity index (χ0n) is 7.48. The topological polar surface area (TPSA) is 48.2 Å². The number of benzene rings is 1. The van der Waals surface area contributed by atoms with Gasteiger partial charge in [0.1, 0.15) is 5.75 Å². The van der Waals surface area contributed by atoms with Gasteiger partial charge in [-0.3, -0.25) is 0 Å². The van der Waals surface area contributed by atoms with Crippen LogP contribution in [0.5, 0.6) is 5.75 Å². The standard InChI is InChI=1S/C9H6Cl2N2O2/c10-6-1-2-8(7(11)3-6)14-4-9-12-5-13-15-9/h1-3,5H,4H2. The van der Waals surface area contributed by atoms with E-state index in [2.05, 4.69) is 10.1 Å². The van der Waals surface area contributed by atoms with Crippen molar-refractivity contribution in [1.82, 2.24) is 10.1 Å². The Labute approximate surface area is 95.8 Å². The molecule has 0 saturated heterocycles. The predicted octanol–water partition coefficient (Wildman–Crippen LogP) is 2.96. The maximum absolute atomic E-state index is 5.89. The van der Waals surface area contributed by atoms with Gasteiger partial charge in [0.25, 0.3) is 5.89 Å². The summed E-state index contributed by atoms with van der Waals surface area (Å²) in [6, 6.07) is 4.98. The van der Waals surface area contributed by atoms with Gasteiger partial charge < -0.3 is 9.26 Å². The smallest absolute Gasteiger partial charge is 0.264 e. The molecule has 1 heterocycles. The highest BCUT2D eigenvalue weighted by molar-refractivity contribution is 6.35. The van der Waals surface area contributed by atoms with Crippen LogP contribution in [0.2, 0.25) is 10.0 Å². The lowest BCUT2D eigenvalue weighted by molar-refractivity contribution is 0.243. The van der Waals surface area contributed by atoms with E-state index in [1.54, 1.807) is 18.2 Å². The number of aromatic nitrogens is 2. The average Bonchev–Trinajstić information content (AvgIpc) is 2.69. The predicted molar refractivity (Wildman–Crippen MR) is 55.1 cm³/mol. The highest BCUT2D eigenvalue weighted by atomic mass is 35.5. The van der Waals surface area contributed by atoms with Crippen LogP contribution < -0.4 is 4.74 Å². The van der Waals surface area contributed by atoms with E-state index >= 15 is 0 Å². The Balaban J connectivity index is 2.05. The quantitative estimate of drug-likeness (QED) is 0.833. The number of halogens is 2. The van der Waals surface area contributed by atoms with E-state index < -0.39 is 0 Å². The zero-order chi connectivity index (χ0) is 10.7. The molecule has 15 heavy (non-hydrogen) atoms. The molecule has 0 unspecified atom stereocenters. The van der Waals surface area contributed by atoms with Gasteiger partial charge in [0.2, 0.25) is 0 Å². The van der Waals surface area contributed by atoms with Crippen LogP contribution in [0, 0.1) is 0 Å². The Bertz CT molecular complexity index is 445. The van der Waals surface area contributed by atoms with Crippen molar-refractivity contribution < 1.29 is 9.26 Å². The van der Waals surface area contributed by atoms with Crippen molar-refractivity contribution in [2.75, 3.05) is 0 Å². The second-order valence-electron chi connectivity index (χ2n) is 2.70. The van der Waals surface area contributed by atoms with Gasteiger partial charge in [-0.15, -0.1) is 0 Å². The van der Waals surface area contributed by atoms with Gasteiger partial charge in [0.15, 0.2) is 12.9 Å². The largest absolute Gasteiger partial charge is 0.482 e. The van der Waals surface area contributed by atoms with E-state index in [0.29, 0.717) is 21.7 Å². The van der Waals surface area contributed by atoms with Crippen molar-refractivity contribution in [1.29, 1.82) is 0 Å². The Morgan fingerprint density at radius 2 is 2.20 bits per heavy atom. The molecule has 1 aromatic heterocycles. The Morgan fingerprint density at radius 3 is 2.87 bits per heavy atom. The Kier molecular flexibility index (Phi) is 3.08. The van der Waals surface area contributed by atoms with Gasteiger partial charge in [-0.1, -0.05) is 28.4 Å². The molecule has 0 bridgehead atoms. The summed E-state index contributed by atoms with van der Waals surface area (Å²) < 4.78 is 10.1. The first-order chi connectivity index (χ1) is 7.25. The average molecular weight is 245 g/mol. The second kappa shape index (κ2) is 4.51. The number of hydrogen-bond donors (Lipinski definition) is 0. The SMILES string of the molecule is Clc1ccc(OCc2ncno2)c(Cl)c1. The van der Waals surface area contributed by atoms with E-state index in [-0.39, 0.29) is 6.61 Å². The summed E-state index contributed by atoms with van der Waals surface area (Å²) in [4.78, 5) is 3.81. The third-order valence-corrected chi connectivity index (χ3v) is 2.18. The molecule has 0 N–H and O–H groups in total.